The Bertz CT molecular complexity index is 852. The summed E-state index contributed by atoms with van der Waals surface area (Å²) in [6.07, 6.45) is 2.28. The van der Waals surface area contributed by atoms with Crippen LogP contribution in [-0.2, 0) is 6.42 Å². The standard InChI is InChI=1S/C14H17N5OS/c1-7-8(6-16-19-7)10-4-9-12(21-10)13(20)18-11(17-9)5-14(2,3)15/h4,6H,5,15H2,1-3H3,(H,16,19)(H,17,18,20). The molecule has 0 saturated carbocycles. The van der Waals surface area contributed by atoms with Crippen molar-refractivity contribution in [1.29, 1.82) is 0 Å². The third-order valence-corrected chi connectivity index (χ3v) is 4.31. The minimum absolute atomic E-state index is 0.114. The maximum atomic E-state index is 12.2. The summed E-state index contributed by atoms with van der Waals surface area (Å²) >= 11 is 1.42. The summed E-state index contributed by atoms with van der Waals surface area (Å²) in [5.41, 5.74) is 8.14. The monoisotopic (exact) mass is 303 g/mol. The van der Waals surface area contributed by atoms with Crippen molar-refractivity contribution in [3.8, 4) is 10.4 Å². The Morgan fingerprint density at radius 1 is 1.43 bits per heavy atom. The molecule has 0 aromatic carbocycles. The van der Waals surface area contributed by atoms with Crippen LogP contribution in [0.4, 0.5) is 0 Å². The highest BCUT2D eigenvalue weighted by Crippen LogP contribution is 2.32. The van der Waals surface area contributed by atoms with E-state index in [-0.39, 0.29) is 5.56 Å². The maximum absolute atomic E-state index is 12.2. The van der Waals surface area contributed by atoms with Crippen molar-refractivity contribution in [1.82, 2.24) is 20.2 Å². The molecule has 3 rings (SSSR count). The molecule has 0 spiro atoms. The van der Waals surface area contributed by atoms with E-state index in [1.165, 1.54) is 11.3 Å². The fraction of sp³-hybridized carbons (Fsp3) is 0.357. The van der Waals surface area contributed by atoms with Gasteiger partial charge in [-0.15, -0.1) is 11.3 Å². The predicted molar refractivity (Wildman–Crippen MR) is 84.5 cm³/mol. The number of hydrogen-bond donors (Lipinski definition) is 3. The van der Waals surface area contributed by atoms with Gasteiger partial charge in [-0.1, -0.05) is 0 Å². The summed E-state index contributed by atoms with van der Waals surface area (Å²) in [4.78, 5) is 20.5. The van der Waals surface area contributed by atoms with E-state index >= 15 is 0 Å². The van der Waals surface area contributed by atoms with E-state index in [0.29, 0.717) is 22.5 Å². The Balaban J connectivity index is 2.12. The van der Waals surface area contributed by atoms with Gasteiger partial charge in [0, 0.05) is 28.1 Å². The molecule has 3 aromatic rings. The number of fused-ring (bicyclic) bond motifs is 1. The van der Waals surface area contributed by atoms with Gasteiger partial charge in [-0.25, -0.2) is 4.98 Å². The Morgan fingerprint density at radius 3 is 2.81 bits per heavy atom. The number of aryl methyl sites for hydroxylation is 1. The molecule has 0 aliphatic carbocycles. The number of H-pyrrole nitrogens is 2. The lowest BCUT2D eigenvalue weighted by Gasteiger charge is -2.16. The minimum Gasteiger partial charge on any atom is -0.325 e. The molecule has 0 bridgehead atoms. The SMILES string of the molecule is Cc1[nH]ncc1-c1cc2nc(CC(C)(C)N)[nH]c(=O)c2s1. The second kappa shape index (κ2) is 4.78. The first-order valence-electron chi connectivity index (χ1n) is 6.65. The molecule has 0 aliphatic heterocycles. The number of hydrogen-bond acceptors (Lipinski definition) is 5. The van der Waals surface area contributed by atoms with Crippen LogP contribution in [-0.4, -0.2) is 25.7 Å². The molecule has 3 heterocycles. The van der Waals surface area contributed by atoms with Crippen molar-refractivity contribution >= 4 is 21.6 Å². The van der Waals surface area contributed by atoms with Gasteiger partial charge in [0.25, 0.3) is 5.56 Å². The second-order valence-electron chi connectivity index (χ2n) is 5.91. The molecule has 3 aromatic heterocycles. The molecule has 0 saturated heterocycles. The molecule has 21 heavy (non-hydrogen) atoms. The Morgan fingerprint density at radius 2 is 2.19 bits per heavy atom. The molecule has 110 valence electrons. The van der Waals surface area contributed by atoms with Crippen molar-refractivity contribution in [3.63, 3.8) is 0 Å². The molecule has 6 nitrogen and oxygen atoms in total. The molecule has 0 fully saturated rings. The van der Waals surface area contributed by atoms with E-state index in [1.807, 2.05) is 26.8 Å². The van der Waals surface area contributed by atoms with Crippen LogP contribution in [0, 0.1) is 6.92 Å². The number of nitrogens with one attached hydrogen (secondary N) is 2. The smallest absolute Gasteiger partial charge is 0.268 e. The molecule has 4 N–H and O–H groups in total. The fourth-order valence-corrected chi connectivity index (χ4v) is 3.29. The van der Waals surface area contributed by atoms with Gasteiger partial charge >= 0.3 is 0 Å². The quantitative estimate of drug-likeness (QED) is 0.688. The van der Waals surface area contributed by atoms with Crippen molar-refractivity contribution in [3.05, 3.63) is 34.1 Å². The third kappa shape index (κ3) is 2.74. The average molecular weight is 303 g/mol. The van der Waals surface area contributed by atoms with E-state index in [0.717, 1.165) is 16.1 Å². The molecule has 0 aliphatic rings. The zero-order valence-electron chi connectivity index (χ0n) is 12.2. The second-order valence-corrected chi connectivity index (χ2v) is 6.96. The van der Waals surface area contributed by atoms with E-state index in [4.69, 9.17) is 5.73 Å². The van der Waals surface area contributed by atoms with E-state index in [9.17, 15) is 4.79 Å². The van der Waals surface area contributed by atoms with Crippen molar-refractivity contribution in [2.24, 2.45) is 5.73 Å². The lowest BCUT2D eigenvalue weighted by molar-refractivity contribution is 0.502. The molecular formula is C14H17N5OS. The van der Waals surface area contributed by atoms with E-state index in [1.54, 1.807) is 6.20 Å². The van der Waals surface area contributed by atoms with E-state index < -0.39 is 5.54 Å². The topological polar surface area (TPSA) is 100 Å². The molecule has 7 heteroatoms. The number of aromatic amines is 2. The number of nitrogens with zero attached hydrogens (tertiary/aromatic N) is 2. The van der Waals surface area contributed by atoms with Gasteiger partial charge in [0.2, 0.25) is 0 Å². The van der Waals surface area contributed by atoms with Gasteiger partial charge in [-0.2, -0.15) is 5.10 Å². The molecule has 0 radical (unpaired) electrons. The number of rotatable bonds is 3. The summed E-state index contributed by atoms with van der Waals surface area (Å²) < 4.78 is 0.629. The van der Waals surface area contributed by atoms with Gasteiger partial charge < -0.3 is 10.7 Å². The van der Waals surface area contributed by atoms with Gasteiger partial charge in [-0.05, 0) is 26.8 Å². The minimum atomic E-state index is -0.413. The molecular weight excluding hydrogens is 286 g/mol. The molecule has 0 amide bonds. The Kier molecular flexibility index (Phi) is 3.18. The van der Waals surface area contributed by atoms with Gasteiger partial charge in [0.05, 0.1) is 11.7 Å². The first-order chi connectivity index (χ1) is 9.83. The first kappa shape index (κ1) is 14.0. The first-order valence-corrected chi connectivity index (χ1v) is 7.47. The predicted octanol–water partition coefficient (Wildman–Crippen LogP) is 1.96. The lowest BCUT2D eigenvalue weighted by atomic mass is 10.0. The van der Waals surface area contributed by atoms with Gasteiger partial charge in [-0.3, -0.25) is 9.89 Å². The van der Waals surface area contributed by atoms with Gasteiger partial charge in [0.1, 0.15) is 10.5 Å². The summed E-state index contributed by atoms with van der Waals surface area (Å²) in [5, 5.41) is 6.92. The maximum Gasteiger partial charge on any atom is 0.268 e. The van der Waals surface area contributed by atoms with Crippen LogP contribution in [0.5, 0.6) is 0 Å². The summed E-state index contributed by atoms with van der Waals surface area (Å²) in [6.45, 7) is 5.77. The van der Waals surface area contributed by atoms with Crippen LogP contribution in [0.1, 0.15) is 25.4 Å². The largest absolute Gasteiger partial charge is 0.325 e. The lowest BCUT2D eigenvalue weighted by Crippen LogP contribution is -2.35. The Labute approximate surface area is 125 Å². The third-order valence-electron chi connectivity index (χ3n) is 3.15. The summed E-state index contributed by atoms with van der Waals surface area (Å²) in [7, 11) is 0. The zero-order chi connectivity index (χ0) is 15.2. The Hall–Kier alpha value is -1.99. The van der Waals surface area contributed by atoms with Crippen LogP contribution in [0.3, 0.4) is 0 Å². The summed E-state index contributed by atoms with van der Waals surface area (Å²) in [6, 6.07) is 1.93. The van der Waals surface area contributed by atoms with Crippen molar-refractivity contribution in [2.75, 3.05) is 0 Å². The fourth-order valence-electron chi connectivity index (χ4n) is 2.24. The molecule has 0 unspecified atom stereocenters. The van der Waals surface area contributed by atoms with Crippen LogP contribution >= 0.6 is 11.3 Å². The van der Waals surface area contributed by atoms with E-state index in [2.05, 4.69) is 20.2 Å². The molecule has 0 atom stereocenters. The highest BCUT2D eigenvalue weighted by molar-refractivity contribution is 7.22. The number of thiophene rings is 1. The van der Waals surface area contributed by atoms with Crippen molar-refractivity contribution < 1.29 is 0 Å². The normalized spacial score (nSPS) is 12.2. The number of nitrogens with two attached hydrogens (primary N) is 1. The highest BCUT2D eigenvalue weighted by Gasteiger charge is 2.16. The van der Waals surface area contributed by atoms with Crippen LogP contribution in [0.25, 0.3) is 20.7 Å². The average Bonchev–Trinajstić information content (AvgIpc) is 2.92. The highest BCUT2D eigenvalue weighted by atomic mass is 32.1. The van der Waals surface area contributed by atoms with Crippen molar-refractivity contribution in [2.45, 2.75) is 32.7 Å². The van der Waals surface area contributed by atoms with Crippen LogP contribution in [0.2, 0.25) is 0 Å². The van der Waals surface area contributed by atoms with Crippen LogP contribution in [0.15, 0.2) is 17.1 Å². The zero-order valence-corrected chi connectivity index (χ0v) is 13.0. The van der Waals surface area contributed by atoms with Gasteiger partial charge in [0.15, 0.2) is 0 Å². The van der Waals surface area contributed by atoms with Crippen LogP contribution < -0.4 is 11.3 Å². The number of aromatic nitrogens is 4. The summed E-state index contributed by atoms with van der Waals surface area (Å²) in [5.74, 6) is 0.619.